The summed E-state index contributed by atoms with van der Waals surface area (Å²) in [7, 11) is 2.09. The second-order valence-corrected chi connectivity index (χ2v) is 6.05. The van der Waals surface area contributed by atoms with Crippen molar-refractivity contribution in [2.24, 2.45) is 17.8 Å². The maximum atomic E-state index is 11.7. The van der Waals surface area contributed by atoms with Crippen LogP contribution in [0.1, 0.15) is 26.7 Å². The summed E-state index contributed by atoms with van der Waals surface area (Å²) >= 11 is 0. The van der Waals surface area contributed by atoms with Crippen LogP contribution in [-0.2, 0) is 4.79 Å². The van der Waals surface area contributed by atoms with Crippen molar-refractivity contribution in [1.29, 1.82) is 0 Å². The summed E-state index contributed by atoms with van der Waals surface area (Å²) in [4.78, 5) is 25.0. The highest BCUT2D eigenvalue weighted by Crippen LogP contribution is 2.13. The molecule has 0 spiro atoms. The largest absolute Gasteiger partial charge is 0.481 e. The molecule has 1 aliphatic heterocycles. The van der Waals surface area contributed by atoms with Gasteiger partial charge in [-0.05, 0) is 38.3 Å². The van der Waals surface area contributed by atoms with Crippen molar-refractivity contribution in [1.82, 2.24) is 15.5 Å². The van der Waals surface area contributed by atoms with E-state index in [1.165, 1.54) is 6.42 Å². The van der Waals surface area contributed by atoms with Crippen molar-refractivity contribution in [3.05, 3.63) is 0 Å². The third-order valence-corrected chi connectivity index (χ3v) is 3.88. The number of piperidine rings is 1. The van der Waals surface area contributed by atoms with Crippen molar-refractivity contribution < 1.29 is 14.7 Å². The summed E-state index contributed by atoms with van der Waals surface area (Å²) in [6.07, 6.45) is 2.30. The minimum atomic E-state index is -0.866. The molecule has 6 heteroatoms. The lowest BCUT2D eigenvalue weighted by molar-refractivity contribution is -0.142. The molecule has 0 saturated carbocycles. The number of hydrogen-bond donors (Lipinski definition) is 3. The van der Waals surface area contributed by atoms with Gasteiger partial charge >= 0.3 is 12.0 Å². The second kappa shape index (κ2) is 8.09. The van der Waals surface area contributed by atoms with Crippen LogP contribution in [0, 0.1) is 17.8 Å². The number of hydrogen-bond acceptors (Lipinski definition) is 3. The first-order valence-electron chi connectivity index (χ1n) is 7.33. The molecule has 0 bridgehead atoms. The number of carboxylic acid groups (broad SMARTS) is 1. The summed E-state index contributed by atoms with van der Waals surface area (Å²) in [5, 5.41) is 14.5. The molecule has 0 aromatic heterocycles. The molecular formula is C14H27N3O3. The Labute approximate surface area is 120 Å². The zero-order chi connectivity index (χ0) is 15.1. The maximum Gasteiger partial charge on any atom is 0.314 e. The molecule has 1 fully saturated rings. The van der Waals surface area contributed by atoms with Crippen LogP contribution in [0.2, 0.25) is 0 Å². The molecule has 2 atom stereocenters. The predicted octanol–water partition coefficient (Wildman–Crippen LogP) is 0.984. The van der Waals surface area contributed by atoms with Gasteiger partial charge in [0.2, 0.25) is 0 Å². The molecule has 6 nitrogen and oxygen atoms in total. The highest BCUT2D eigenvalue weighted by molar-refractivity contribution is 5.75. The molecule has 0 radical (unpaired) electrons. The third-order valence-electron chi connectivity index (χ3n) is 3.88. The van der Waals surface area contributed by atoms with Gasteiger partial charge in [0.15, 0.2) is 0 Å². The van der Waals surface area contributed by atoms with Gasteiger partial charge in [-0.2, -0.15) is 0 Å². The van der Waals surface area contributed by atoms with E-state index < -0.39 is 11.9 Å². The summed E-state index contributed by atoms with van der Waals surface area (Å²) < 4.78 is 0. The van der Waals surface area contributed by atoms with Gasteiger partial charge in [0.1, 0.15) is 0 Å². The first kappa shape index (κ1) is 16.8. The topological polar surface area (TPSA) is 81.7 Å². The molecule has 3 N–H and O–H groups in total. The Kier molecular flexibility index (Phi) is 6.78. The smallest absolute Gasteiger partial charge is 0.314 e. The zero-order valence-electron chi connectivity index (χ0n) is 12.7. The van der Waals surface area contributed by atoms with Crippen LogP contribution in [0.5, 0.6) is 0 Å². The van der Waals surface area contributed by atoms with E-state index in [1.54, 1.807) is 0 Å². The molecule has 116 valence electrons. The molecule has 2 unspecified atom stereocenters. The number of nitrogens with zero attached hydrogens (tertiary/aromatic N) is 1. The molecule has 0 aliphatic carbocycles. The van der Waals surface area contributed by atoms with E-state index in [1.807, 2.05) is 13.8 Å². The lowest BCUT2D eigenvalue weighted by atomic mass is 9.96. The molecule has 1 heterocycles. The lowest BCUT2D eigenvalue weighted by Gasteiger charge is -2.29. The van der Waals surface area contributed by atoms with Gasteiger partial charge in [0, 0.05) is 19.6 Å². The molecule has 2 amide bonds. The molecule has 0 aromatic carbocycles. The Morgan fingerprint density at radius 1 is 1.35 bits per heavy atom. The molecule has 1 aliphatic rings. The highest BCUT2D eigenvalue weighted by Gasteiger charge is 2.22. The monoisotopic (exact) mass is 285 g/mol. The van der Waals surface area contributed by atoms with Crippen LogP contribution >= 0.6 is 0 Å². The van der Waals surface area contributed by atoms with E-state index in [0.717, 1.165) is 19.5 Å². The number of carbonyl (C=O) groups excluding carboxylic acids is 1. The number of rotatable bonds is 6. The Morgan fingerprint density at radius 2 is 2.05 bits per heavy atom. The zero-order valence-corrected chi connectivity index (χ0v) is 12.7. The minimum absolute atomic E-state index is 0.000191. The Balaban J connectivity index is 2.24. The molecule has 1 saturated heterocycles. The normalized spacial score (nSPS) is 21.5. The van der Waals surface area contributed by atoms with Crippen molar-refractivity contribution >= 4 is 12.0 Å². The fourth-order valence-electron chi connectivity index (χ4n) is 2.55. The summed E-state index contributed by atoms with van der Waals surface area (Å²) in [5.41, 5.74) is 0. The fourth-order valence-corrected chi connectivity index (χ4v) is 2.55. The second-order valence-electron chi connectivity index (χ2n) is 6.05. The van der Waals surface area contributed by atoms with Crippen LogP contribution in [0.15, 0.2) is 0 Å². The van der Waals surface area contributed by atoms with Crippen molar-refractivity contribution in [3.63, 3.8) is 0 Å². The van der Waals surface area contributed by atoms with Gasteiger partial charge < -0.3 is 20.6 Å². The number of urea groups is 1. The van der Waals surface area contributed by atoms with Crippen LogP contribution in [0.3, 0.4) is 0 Å². The third kappa shape index (κ3) is 5.77. The summed E-state index contributed by atoms with van der Waals surface area (Å²) in [6.45, 7) is 6.63. The molecule has 20 heavy (non-hydrogen) atoms. The van der Waals surface area contributed by atoms with Crippen LogP contribution < -0.4 is 10.6 Å². The van der Waals surface area contributed by atoms with Crippen molar-refractivity contribution in [3.8, 4) is 0 Å². The standard InChI is InChI=1S/C14H27N3O3/c1-10(2)12(13(18)19)8-16-14(20)15-7-11-5-4-6-17(3)9-11/h10-12H,4-9H2,1-3H3,(H,18,19)(H2,15,16,20). The number of amides is 2. The Morgan fingerprint density at radius 3 is 2.60 bits per heavy atom. The van der Waals surface area contributed by atoms with Gasteiger partial charge in [-0.25, -0.2) is 4.79 Å². The molecule has 0 aromatic rings. The number of carboxylic acids is 1. The van der Waals surface area contributed by atoms with Crippen LogP contribution in [0.4, 0.5) is 4.79 Å². The SMILES string of the molecule is CC(C)C(CNC(=O)NCC1CCCN(C)C1)C(=O)O. The fraction of sp³-hybridized carbons (Fsp3) is 0.857. The first-order valence-corrected chi connectivity index (χ1v) is 7.33. The highest BCUT2D eigenvalue weighted by atomic mass is 16.4. The van der Waals surface area contributed by atoms with E-state index in [4.69, 9.17) is 5.11 Å². The van der Waals surface area contributed by atoms with Gasteiger partial charge in [0.05, 0.1) is 5.92 Å². The van der Waals surface area contributed by atoms with Gasteiger partial charge in [-0.1, -0.05) is 13.8 Å². The number of aliphatic carboxylic acids is 1. The summed E-state index contributed by atoms with van der Waals surface area (Å²) in [5.74, 6) is -0.921. The molecule has 1 rings (SSSR count). The van der Waals surface area contributed by atoms with Crippen LogP contribution in [-0.4, -0.2) is 55.2 Å². The van der Waals surface area contributed by atoms with Crippen LogP contribution in [0.25, 0.3) is 0 Å². The number of carbonyl (C=O) groups is 2. The lowest BCUT2D eigenvalue weighted by Crippen LogP contribution is -2.45. The van der Waals surface area contributed by atoms with E-state index in [-0.39, 0.29) is 18.5 Å². The van der Waals surface area contributed by atoms with Crippen molar-refractivity contribution in [2.75, 3.05) is 33.2 Å². The van der Waals surface area contributed by atoms with E-state index in [9.17, 15) is 9.59 Å². The predicted molar refractivity (Wildman–Crippen MR) is 77.6 cm³/mol. The minimum Gasteiger partial charge on any atom is -0.481 e. The average Bonchev–Trinajstić information content (AvgIpc) is 2.35. The number of nitrogens with one attached hydrogen (secondary N) is 2. The molecular weight excluding hydrogens is 258 g/mol. The van der Waals surface area contributed by atoms with E-state index >= 15 is 0 Å². The Bertz CT molecular complexity index is 334. The van der Waals surface area contributed by atoms with Gasteiger partial charge in [0.25, 0.3) is 0 Å². The quantitative estimate of drug-likeness (QED) is 0.679. The maximum absolute atomic E-state index is 11.7. The van der Waals surface area contributed by atoms with E-state index in [2.05, 4.69) is 22.6 Å². The van der Waals surface area contributed by atoms with E-state index in [0.29, 0.717) is 12.5 Å². The average molecular weight is 285 g/mol. The van der Waals surface area contributed by atoms with Gasteiger partial charge in [-0.15, -0.1) is 0 Å². The van der Waals surface area contributed by atoms with Crippen molar-refractivity contribution in [2.45, 2.75) is 26.7 Å². The summed E-state index contributed by atoms with van der Waals surface area (Å²) in [6, 6.07) is -0.273. The first-order chi connectivity index (χ1) is 9.40. The number of likely N-dealkylation sites (tertiary alicyclic amines) is 1. The Hall–Kier alpha value is -1.30. The van der Waals surface area contributed by atoms with Gasteiger partial charge in [-0.3, -0.25) is 4.79 Å².